The van der Waals surface area contributed by atoms with Crippen LogP contribution < -0.4 is 5.32 Å². The van der Waals surface area contributed by atoms with Gasteiger partial charge in [0, 0.05) is 10.4 Å². The molecule has 0 saturated carbocycles. The molecule has 1 aromatic carbocycles. The van der Waals surface area contributed by atoms with E-state index in [1.807, 2.05) is 33.9 Å². The Bertz CT molecular complexity index is 543. The van der Waals surface area contributed by atoms with E-state index in [4.69, 9.17) is 0 Å². The van der Waals surface area contributed by atoms with Crippen molar-refractivity contribution in [2.45, 2.75) is 26.8 Å². The highest BCUT2D eigenvalue weighted by Crippen LogP contribution is 2.29. The fourth-order valence-electron chi connectivity index (χ4n) is 1.92. The lowest BCUT2D eigenvalue weighted by Crippen LogP contribution is -2.19. The van der Waals surface area contributed by atoms with Gasteiger partial charge in [-0.15, -0.1) is 11.3 Å². The first kappa shape index (κ1) is 13.2. The molecular weight excluding hydrogens is 247 g/mol. The summed E-state index contributed by atoms with van der Waals surface area (Å²) in [6.45, 7) is 5.98. The van der Waals surface area contributed by atoms with Gasteiger partial charge < -0.3 is 5.32 Å². The second kappa shape index (κ2) is 5.16. The van der Waals surface area contributed by atoms with Crippen molar-refractivity contribution in [1.82, 2.24) is 10.3 Å². The maximum atomic E-state index is 13.9. The van der Waals surface area contributed by atoms with Gasteiger partial charge in [-0.25, -0.2) is 9.37 Å². The summed E-state index contributed by atoms with van der Waals surface area (Å²) >= 11 is 1.62. The Morgan fingerprint density at radius 3 is 2.56 bits per heavy atom. The maximum Gasteiger partial charge on any atom is 0.128 e. The number of nitrogens with zero attached hydrogens (tertiary/aromatic N) is 1. The van der Waals surface area contributed by atoms with Crippen LogP contribution in [0.3, 0.4) is 0 Å². The monoisotopic (exact) mass is 264 g/mol. The van der Waals surface area contributed by atoms with Crippen LogP contribution in [0.4, 0.5) is 4.39 Å². The van der Waals surface area contributed by atoms with Crippen LogP contribution in [0.2, 0.25) is 0 Å². The fraction of sp³-hybridized carbons (Fsp3) is 0.357. The Morgan fingerprint density at radius 1 is 1.28 bits per heavy atom. The molecule has 2 aromatic rings. The van der Waals surface area contributed by atoms with Gasteiger partial charge in [0.2, 0.25) is 0 Å². The summed E-state index contributed by atoms with van der Waals surface area (Å²) in [4.78, 5) is 5.70. The van der Waals surface area contributed by atoms with Gasteiger partial charge in [0.15, 0.2) is 0 Å². The third-order valence-electron chi connectivity index (χ3n) is 3.04. The lowest BCUT2D eigenvalue weighted by atomic mass is 10.0. The van der Waals surface area contributed by atoms with Crippen LogP contribution in [-0.2, 0) is 0 Å². The number of nitrogens with one attached hydrogen (secondary N) is 1. The topological polar surface area (TPSA) is 24.9 Å². The molecule has 2 nitrogen and oxygen atoms in total. The SMILES string of the molecule is CNC(c1nc(C)c(C)s1)c1cc(C)ccc1F. The molecule has 1 atom stereocenters. The Labute approximate surface area is 111 Å². The third-order valence-corrected chi connectivity index (χ3v) is 4.18. The summed E-state index contributed by atoms with van der Waals surface area (Å²) in [5.74, 6) is -0.189. The van der Waals surface area contributed by atoms with Crippen molar-refractivity contribution in [2.75, 3.05) is 7.05 Å². The highest BCUT2D eigenvalue weighted by atomic mass is 32.1. The first-order valence-electron chi connectivity index (χ1n) is 5.90. The molecule has 1 heterocycles. The molecule has 0 aliphatic rings. The van der Waals surface area contributed by atoms with Crippen molar-refractivity contribution in [2.24, 2.45) is 0 Å². The Balaban J connectivity index is 2.48. The normalized spacial score (nSPS) is 12.7. The molecule has 1 unspecified atom stereocenters. The third kappa shape index (κ3) is 2.44. The van der Waals surface area contributed by atoms with Crippen LogP contribution in [-0.4, -0.2) is 12.0 Å². The Hall–Kier alpha value is -1.26. The van der Waals surface area contributed by atoms with Gasteiger partial charge in [0.1, 0.15) is 10.8 Å². The van der Waals surface area contributed by atoms with Crippen molar-refractivity contribution in [3.8, 4) is 0 Å². The van der Waals surface area contributed by atoms with E-state index < -0.39 is 0 Å². The van der Waals surface area contributed by atoms with E-state index in [0.717, 1.165) is 16.3 Å². The van der Waals surface area contributed by atoms with E-state index in [1.165, 1.54) is 10.9 Å². The molecule has 0 aliphatic carbocycles. The molecule has 0 aliphatic heterocycles. The minimum atomic E-state index is -0.189. The fourth-order valence-corrected chi connectivity index (χ4v) is 2.97. The molecule has 0 bridgehead atoms. The maximum absolute atomic E-state index is 13.9. The van der Waals surface area contributed by atoms with Gasteiger partial charge in [0.25, 0.3) is 0 Å². The molecule has 0 fully saturated rings. The zero-order valence-corrected chi connectivity index (χ0v) is 11.9. The lowest BCUT2D eigenvalue weighted by Gasteiger charge is -2.15. The molecule has 96 valence electrons. The largest absolute Gasteiger partial charge is 0.307 e. The van der Waals surface area contributed by atoms with Crippen LogP contribution in [0.5, 0.6) is 0 Å². The zero-order chi connectivity index (χ0) is 13.3. The van der Waals surface area contributed by atoms with Crippen molar-refractivity contribution < 1.29 is 4.39 Å². The Morgan fingerprint density at radius 2 is 2.00 bits per heavy atom. The van der Waals surface area contributed by atoms with Crippen molar-refractivity contribution >= 4 is 11.3 Å². The van der Waals surface area contributed by atoms with E-state index in [0.29, 0.717) is 5.56 Å². The van der Waals surface area contributed by atoms with E-state index >= 15 is 0 Å². The molecule has 0 spiro atoms. The van der Waals surface area contributed by atoms with Crippen LogP contribution in [0.25, 0.3) is 0 Å². The number of halogens is 1. The van der Waals surface area contributed by atoms with E-state index in [1.54, 1.807) is 17.4 Å². The first-order chi connectivity index (χ1) is 8.52. The van der Waals surface area contributed by atoms with Crippen LogP contribution >= 0.6 is 11.3 Å². The Kier molecular flexibility index (Phi) is 3.78. The highest BCUT2D eigenvalue weighted by molar-refractivity contribution is 7.11. The molecule has 2 rings (SSSR count). The average Bonchev–Trinajstić information content (AvgIpc) is 2.65. The van der Waals surface area contributed by atoms with Gasteiger partial charge >= 0.3 is 0 Å². The summed E-state index contributed by atoms with van der Waals surface area (Å²) in [7, 11) is 1.83. The summed E-state index contributed by atoms with van der Waals surface area (Å²) < 4.78 is 13.9. The van der Waals surface area contributed by atoms with Crippen molar-refractivity contribution in [3.05, 3.63) is 50.7 Å². The standard InChI is InChI=1S/C14H17FN2S/c1-8-5-6-12(15)11(7-8)13(16-4)14-17-9(2)10(3)18-14/h5-7,13,16H,1-4H3. The number of benzene rings is 1. The molecule has 0 radical (unpaired) electrons. The number of hydrogen-bond acceptors (Lipinski definition) is 3. The van der Waals surface area contributed by atoms with Gasteiger partial charge in [-0.05, 0) is 33.9 Å². The summed E-state index contributed by atoms with van der Waals surface area (Å²) in [6, 6.07) is 5.00. The molecule has 0 amide bonds. The molecule has 18 heavy (non-hydrogen) atoms. The summed E-state index contributed by atoms with van der Waals surface area (Å²) in [6.07, 6.45) is 0. The van der Waals surface area contributed by atoms with Crippen LogP contribution in [0.1, 0.15) is 32.7 Å². The second-order valence-corrected chi connectivity index (χ2v) is 5.68. The zero-order valence-electron chi connectivity index (χ0n) is 11.0. The second-order valence-electron chi connectivity index (χ2n) is 4.44. The van der Waals surface area contributed by atoms with Crippen LogP contribution in [0.15, 0.2) is 18.2 Å². The smallest absolute Gasteiger partial charge is 0.128 e. The predicted octanol–water partition coefficient (Wildman–Crippen LogP) is 3.52. The molecule has 4 heteroatoms. The highest BCUT2D eigenvalue weighted by Gasteiger charge is 2.20. The predicted molar refractivity (Wildman–Crippen MR) is 73.6 cm³/mol. The van der Waals surface area contributed by atoms with Crippen molar-refractivity contribution in [3.63, 3.8) is 0 Å². The minimum Gasteiger partial charge on any atom is -0.307 e. The van der Waals surface area contributed by atoms with E-state index in [-0.39, 0.29) is 11.9 Å². The van der Waals surface area contributed by atoms with Gasteiger partial charge in [-0.1, -0.05) is 17.7 Å². The number of aromatic nitrogens is 1. The molecule has 1 N–H and O–H groups in total. The van der Waals surface area contributed by atoms with Gasteiger partial charge in [0.05, 0.1) is 11.7 Å². The number of thiazole rings is 1. The average molecular weight is 264 g/mol. The minimum absolute atomic E-state index is 0.178. The molecular formula is C14H17FN2S. The van der Waals surface area contributed by atoms with Gasteiger partial charge in [-0.2, -0.15) is 0 Å². The number of aryl methyl sites for hydroxylation is 3. The summed E-state index contributed by atoms with van der Waals surface area (Å²) in [5.41, 5.74) is 2.73. The van der Waals surface area contributed by atoms with E-state index in [9.17, 15) is 4.39 Å². The number of rotatable bonds is 3. The quantitative estimate of drug-likeness (QED) is 0.917. The molecule has 1 aromatic heterocycles. The lowest BCUT2D eigenvalue weighted by molar-refractivity contribution is 0.574. The first-order valence-corrected chi connectivity index (χ1v) is 6.71. The number of hydrogen-bond donors (Lipinski definition) is 1. The molecule has 0 saturated heterocycles. The van der Waals surface area contributed by atoms with Crippen molar-refractivity contribution in [1.29, 1.82) is 0 Å². The van der Waals surface area contributed by atoms with Gasteiger partial charge in [-0.3, -0.25) is 0 Å². The van der Waals surface area contributed by atoms with Crippen LogP contribution in [0, 0.1) is 26.6 Å². The summed E-state index contributed by atoms with van der Waals surface area (Å²) in [5, 5.41) is 4.07. The van der Waals surface area contributed by atoms with E-state index in [2.05, 4.69) is 10.3 Å².